The number of imide groups is 1. The number of carbonyl (C=O) groups is 8. The first-order valence-corrected chi connectivity index (χ1v) is 25.1. The van der Waals surface area contributed by atoms with Crippen LogP contribution < -0.4 is 33.1 Å². The monoisotopic (exact) mass is 990 g/mol. The molecule has 1 saturated carbocycles. The maximum atomic E-state index is 14.0. The predicted octanol–water partition coefficient (Wildman–Crippen LogP) is 3.43. The van der Waals surface area contributed by atoms with Crippen LogP contribution in [-0.4, -0.2) is 109 Å². The lowest BCUT2D eigenvalue weighted by molar-refractivity contribution is -0.145. The summed E-state index contributed by atoms with van der Waals surface area (Å²) in [7, 11) is 1.71. The molecule has 3 saturated heterocycles. The Hall–Kier alpha value is -7.15. The van der Waals surface area contributed by atoms with Crippen LogP contribution in [0.25, 0.3) is 11.0 Å². The Bertz CT molecular complexity index is 2650. The Kier molecular flexibility index (Phi) is 17.4. The van der Waals surface area contributed by atoms with Gasteiger partial charge < -0.3 is 37.0 Å². The summed E-state index contributed by atoms with van der Waals surface area (Å²) in [6, 6.07) is 20.3. The van der Waals surface area contributed by atoms with Crippen molar-refractivity contribution in [3.8, 4) is 0 Å². The van der Waals surface area contributed by atoms with E-state index in [0.29, 0.717) is 49.6 Å². The van der Waals surface area contributed by atoms with E-state index < -0.39 is 65.7 Å². The molecule has 72 heavy (non-hydrogen) atoms. The fourth-order valence-corrected chi connectivity index (χ4v) is 11.0. The highest BCUT2D eigenvalue weighted by Gasteiger charge is 2.45. The van der Waals surface area contributed by atoms with Gasteiger partial charge in [0.25, 0.3) is 5.97 Å². The third-order valence-corrected chi connectivity index (χ3v) is 14.7. The minimum Gasteiger partial charge on any atom is -0.481 e. The number of carboxylic acids is 1. The molecule has 19 nitrogen and oxygen atoms in total. The van der Waals surface area contributed by atoms with Gasteiger partial charge in [-0.25, -0.2) is 4.79 Å². The molecule has 4 fully saturated rings. The van der Waals surface area contributed by atoms with E-state index in [1.165, 1.54) is 4.57 Å². The van der Waals surface area contributed by atoms with Gasteiger partial charge in [0.05, 0.1) is 17.1 Å². The second-order valence-electron chi connectivity index (χ2n) is 19.6. The highest BCUT2D eigenvalue weighted by molar-refractivity contribution is 6.00. The van der Waals surface area contributed by atoms with E-state index in [-0.39, 0.29) is 55.8 Å². The van der Waals surface area contributed by atoms with Crippen LogP contribution in [0.5, 0.6) is 0 Å². The number of hydrogen-bond donors (Lipinski definition) is 6. The molecular weight excluding hydrogens is 923 g/mol. The quantitative estimate of drug-likeness (QED) is 0.0939. The number of aliphatic carboxylic acids is 1. The summed E-state index contributed by atoms with van der Waals surface area (Å²) < 4.78 is 3.08. The molecule has 1 aliphatic carbocycles. The molecule has 1 aromatic heterocycles. The summed E-state index contributed by atoms with van der Waals surface area (Å²) in [6.45, 7) is 1.52. The number of nitrogens with one attached hydrogen (secondary N) is 3. The molecule has 8 rings (SSSR count). The smallest absolute Gasteiger partial charge is 0.329 e. The summed E-state index contributed by atoms with van der Waals surface area (Å²) >= 11 is 0. The first kappa shape index (κ1) is 52.7. The number of carbonyl (C=O) groups excluding carboxylic acids is 7. The lowest BCUT2D eigenvalue weighted by Crippen LogP contribution is -2.60. The summed E-state index contributed by atoms with van der Waals surface area (Å²) in [5, 5.41) is 15.7. The second-order valence-corrected chi connectivity index (χ2v) is 19.6. The van der Waals surface area contributed by atoms with Gasteiger partial charge in [0, 0.05) is 52.4 Å². The van der Waals surface area contributed by atoms with Crippen LogP contribution in [0.2, 0.25) is 0 Å². The Labute approximate surface area is 418 Å². The number of amides is 7. The first-order chi connectivity index (χ1) is 34.5. The summed E-state index contributed by atoms with van der Waals surface area (Å²) in [5.41, 5.74) is 16.0. The molecule has 0 bridgehead atoms. The van der Waals surface area contributed by atoms with Gasteiger partial charge in [-0.15, -0.1) is 0 Å². The van der Waals surface area contributed by atoms with Gasteiger partial charge in [0.2, 0.25) is 41.4 Å². The number of piperidine rings is 1. The molecule has 4 aliphatic rings. The van der Waals surface area contributed by atoms with Gasteiger partial charge in [-0.3, -0.25) is 52.8 Å². The van der Waals surface area contributed by atoms with Crippen molar-refractivity contribution in [3.63, 3.8) is 0 Å². The average molecular weight is 990 g/mol. The summed E-state index contributed by atoms with van der Waals surface area (Å²) in [6.07, 6.45) is 7.65. The zero-order valence-corrected chi connectivity index (χ0v) is 41.0. The predicted molar refractivity (Wildman–Crippen MR) is 267 cm³/mol. The number of benzene rings is 3. The minimum absolute atomic E-state index is 0.0293. The molecule has 19 heteroatoms. The summed E-state index contributed by atoms with van der Waals surface area (Å²) in [4.78, 5) is 117. The molecule has 8 N–H and O–H groups in total. The molecule has 384 valence electrons. The molecule has 5 atom stereocenters. The molecule has 7 amide bonds. The van der Waals surface area contributed by atoms with Gasteiger partial charge >= 0.3 is 5.69 Å². The van der Waals surface area contributed by atoms with E-state index in [4.69, 9.17) is 21.4 Å². The average Bonchev–Trinajstić information content (AvgIpc) is 3.89. The Morgan fingerprint density at radius 3 is 2.08 bits per heavy atom. The SMILES string of the molecule is CC(=O)O.Cn1c(=O)n(C2CCC(=O)NC2=O)c2ccc(C3CCC(CCCC(=O)N4CC[C@H]5CC[C@@H](C(=O)NC(CCC(N)=O)C(=O)NC(c6ccccc6)c6ccccc6)N5C(=O)[C@@H](N)C4)CC3)cc21. The fraction of sp³-hybridized carbons (Fsp3) is 0.491. The molecular formula is C53H67N9O10. The second kappa shape index (κ2) is 23.8. The van der Waals surface area contributed by atoms with Crippen LogP contribution in [-0.2, 0) is 45.4 Å². The van der Waals surface area contributed by atoms with E-state index >= 15 is 0 Å². The number of hydrogen-bond acceptors (Lipinski definition) is 10. The molecule has 0 spiro atoms. The number of carboxylic acid groups (broad SMARTS) is 1. The van der Waals surface area contributed by atoms with Crippen LogP contribution in [0.15, 0.2) is 83.7 Å². The largest absolute Gasteiger partial charge is 0.481 e. The molecule has 3 aromatic carbocycles. The van der Waals surface area contributed by atoms with Crippen molar-refractivity contribution in [2.24, 2.45) is 24.4 Å². The van der Waals surface area contributed by atoms with Crippen LogP contribution in [0, 0.1) is 5.92 Å². The summed E-state index contributed by atoms with van der Waals surface area (Å²) in [5.74, 6) is -2.88. The number of imidazole rings is 1. The van der Waals surface area contributed by atoms with Gasteiger partial charge in [-0.2, -0.15) is 0 Å². The van der Waals surface area contributed by atoms with Crippen molar-refractivity contribution >= 4 is 58.4 Å². The standard InChI is InChI=1S/C51H63N9O8.C2H4O2/c1-57-42-29-35(19-22-39(42)60(51(57)68)41-24-26-44(62)55-49(41)66)32-17-15-31(16-18-32)9-8-14-45(63)58-28-27-36-20-23-40(59(36)50(67)37(52)30-58)48(65)54-38(21-25-43(53)61)47(64)56-46(33-10-4-2-5-11-33)34-12-6-3-7-13-34;1-2(3)4/h2-7,10-13,19,22,29,31-32,36-38,40-41,46H,8-9,14-18,20-21,23-28,30,52H2,1H3,(H2,53,61)(H,54,65)(H,56,64)(H,55,62,66);1H3,(H,3,4)/t31?,32?,36-,37+,38?,40+,41?;/m1./s1. The van der Waals surface area contributed by atoms with Crippen molar-refractivity contribution in [1.29, 1.82) is 0 Å². The number of rotatable bonds is 15. The van der Waals surface area contributed by atoms with Crippen LogP contribution in [0.4, 0.5) is 0 Å². The van der Waals surface area contributed by atoms with E-state index in [9.17, 15) is 38.4 Å². The van der Waals surface area contributed by atoms with E-state index in [2.05, 4.69) is 22.0 Å². The van der Waals surface area contributed by atoms with Crippen molar-refractivity contribution in [3.05, 3.63) is 106 Å². The van der Waals surface area contributed by atoms with Crippen molar-refractivity contribution in [2.75, 3.05) is 13.1 Å². The number of fused-ring (bicyclic) bond motifs is 2. The Morgan fingerprint density at radius 2 is 1.46 bits per heavy atom. The lowest BCUT2D eigenvalue weighted by atomic mass is 9.77. The molecule has 4 aromatic rings. The van der Waals surface area contributed by atoms with Gasteiger partial charge in [0.1, 0.15) is 24.2 Å². The maximum Gasteiger partial charge on any atom is 0.329 e. The molecule has 3 aliphatic heterocycles. The van der Waals surface area contributed by atoms with Gasteiger partial charge in [-0.05, 0) is 111 Å². The minimum atomic E-state index is -1.10. The number of aromatic nitrogens is 2. The number of nitrogens with two attached hydrogens (primary N) is 2. The van der Waals surface area contributed by atoms with Crippen molar-refractivity contribution in [2.45, 2.75) is 139 Å². The first-order valence-electron chi connectivity index (χ1n) is 25.1. The van der Waals surface area contributed by atoms with Crippen LogP contribution >= 0.6 is 0 Å². The maximum absolute atomic E-state index is 14.0. The van der Waals surface area contributed by atoms with Crippen LogP contribution in [0.1, 0.15) is 132 Å². The van der Waals surface area contributed by atoms with Gasteiger partial charge in [0.15, 0.2) is 0 Å². The highest BCUT2D eigenvalue weighted by atomic mass is 16.4. The number of nitrogens with zero attached hydrogens (tertiary/aromatic N) is 4. The number of aryl methyl sites for hydroxylation is 1. The fourth-order valence-electron chi connectivity index (χ4n) is 11.0. The lowest BCUT2D eigenvalue weighted by Gasteiger charge is -2.38. The van der Waals surface area contributed by atoms with E-state index in [0.717, 1.165) is 67.7 Å². The van der Waals surface area contributed by atoms with Gasteiger partial charge in [-0.1, -0.05) is 66.7 Å². The van der Waals surface area contributed by atoms with E-state index in [1.807, 2.05) is 72.8 Å². The third kappa shape index (κ3) is 12.7. The zero-order chi connectivity index (χ0) is 51.6. The number of primary amides is 1. The van der Waals surface area contributed by atoms with Crippen molar-refractivity contribution < 1.29 is 43.5 Å². The Morgan fingerprint density at radius 1 is 0.806 bits per heavy atom. The zero-order valence-electron chi connectivity index (χ0n) is 41.0. The van der Waals surface area contributed by atoms with Crippen molar-refractivity contribution in [1.82, 2.24) is 34.9 Å². The highest BCUT2D eigenvalue weighted by Crippen LogP contribution is 2.39. The van der Waals surface area contributed by atoms with Crippen LogP contribution in [0.3, 0.4) is 0 Å². The molecule has 2 unspecified atom stereocenters. The molecule has 4 heterocycles. The molecule has 0 radical (unpaired) electrons. The Balaban J connectivity index is 0.00000183. The normalized spacial score (nSPS) is 22.7. The van der Waals surface area contributed by atoms with E-state index in [1.54, 1.807) is 21.4 Å². The third-order valence-electron chi connectivity index (χ3n) is 14.7. The topological polar surface area (TPSA) is 278 Å².